The van der Waals surface area contributed by atoms with Crippen LogP contribution in [0.4, 0.5) is 5.69 Å². The van der Waals surface area contributed by atoms with Crippen LogP contribution >= 0.6 is 0 Å². The average molecular weight is 255 g/mol. The molecule has 0 aliphatic heterocycles. The summed E-state index contributed by atoms with van der Waals surface area (Å²) in [6, 6.07) is 5.74. The first-order valence-electron chi connectivity index (χ1n) is 6.28. The monoisotopic (exact) mass is 255 g/mol. The molecular weight excluding hydrogens is 238 g/mol. The number of aromatic nitrogens is 2. The van der Waals surface area contributed by atoms with Gasteiger partial charge in [0.15, 0.2) is 0 Å². The largest absolute Gasteiger partial charge is 0.324 e. The minimum Gasteiger partial charge on any atom is -0.324 e. The van der Waals surface area contributed by atoms with Crippen molar-refractivity contribution in [3.63, 3.8) is 0 Å². The molecule has 19 heavy (non-hydrogen) atoms. The van der Waals surface area contributed by atoms with Gasteiger partial charge in [0, 0.05) is 25.0 Å². The van der Waals surface area contributed by atoms with Crippen molar-refractivity contribution in [2.75, 3.05) is 5.32 Å². The first-order valence-corrected chi connectivity index (χ1v) is 6.28. The van der Waals surface area contributed by atoms with E-state index in [0.717, 1.165) is 22.5 Å². The zero-order valence-corrected chi connectivity index (χ0v) is 11.2. The van der Waals surface area contributed by atoms with Gasteiger partial charge in [0.25, 0.3) is 0 Å². The van der Waals surface area contributed by atoms with Gasteiger partial charge in [-0.05, 0) is 43.5 Å². The summed E-state index contributed by atoms with van der Waals surface area (Å²) in [5, 5.41) is 2.93. The van der Waals surface area contributed by atoms with E-state index < -0.39 is 0 Å². The number of hydrogen-bond acceptors (Lipinski definition) is 3. The van der Waals surface area contributed by atoms with E-state index in [4.69, 9.17) is 0 Å². The standard InChI is InChI=1S/C15H17N3O/c1-11-7-9-17-12(2)15(11)18-14(19)6-5-13-4-3-8-16-10-13/h3-4,7-10H,5-6H2,1-2H3,(H,18,19). The van der Waals surface area contributed by atoms with Gasteiger partial charge in [0.05, 0.1) is 11.4 Å². The van der Waals surface area contributed by atoms with Gasteiger partial charge in [-0.2, -0.15) is 0 Å². The Morgan fingerprint density at radius 3 is 2.79 bits per heavy atom. The highest BCUT2D eigenvalue weighted by Gasteiger charge is 2.08. The molecular formula is C15H17N3O. The molecule has 0 aromatic carbocycles. The fourth-order valence-corrected chi connectivity index (χ4v) is 1.89. The van der Waals surface area contributed by atoms with E-state index in [1.807, 2.05) is 32.0 Å². The van der Waals surface area contributed by atoms with Crippen molar-refractivity contribution in [2.45, 2.75) is 26.7 Å². The summed E-state index contributed by atoms with van der Waals surface area (Å²) >= 11 is 0. The van der Waals surface area contributed by atoms with Crippen molar-refractivity contribution in [3.8, 4) is 0 Å². The Labute approximate surface area is 112 Å². The highest BCUT2D eigenvalue weighted by Crippen LogP contribution is 2.17. The summed E-state index contributed by atoms with van der Waals surface area (Å²) in [6.07, 6.45) is 6.40. The van der Waals surface area contributed by atoms with Crippen molar-refractivity contribution in [1.29, 1.82) is 0 Å². The van der Waals surface area contributed by atoms with Crippen LogP contribution in [-0.2, 0) is 11.2 Å². The second kappa shape index (κ2) is 6.09. The number of aryl methyl sites for hydroxylation is 3. The minimum absolute atomic E-state index is 0.00283. The summed E-state index contributed by atoms with van der Waals surface area (Å²) < 4.78 is 0. The number of rotatable bonds is 4. The normalized spacial score (nSPS) is 10.2. The molecule has 98 valence electrons. The van der Waals surface area contributed by atoms with E-state index in [0.29, 0.717) is 12.8 Å². The lowest BCUT2D eigenvalue weighted by atomic mass is 10.1. The zero-order valence-electron chi connectivity index (χ0n) is 11.2. The smallest absolute Gasteiger partial charge is 0.224 e. The molecule has 0 saturated heterocycles. The molecule has 1 N–H and O–H groups in total. The molecule has 2 aromatic rings. The van der Waals surface area contributed by atoms with E-state index in [1.54, 1.807) is 18.6 Å². The lowest BCUT2D eigenvalue weighted by Crippen LogP contribution is -2.14. The highest BCUT2D eigenvalue weighted by atomic mass is 16.1. The summed E-state index contributed by atoms with van der Waals surface area (Å²) in [5.41, 5.74) is 3.76. The van der Waals surface area contributed by atoms with Crippen LogP contribution in [-0.4, -0.2) is 15.9 Å². The van der Waals surface area contributed by atoms with Gasteiger partial charge in [0.2, 0.25) is 5.91 Å². The third-order valence-corrected chi connectivity index (χ3v) is 2.98. The van der Waals surface area contributed by atoms with Crippen LogP contribution in [0, 0.1) is 13.8 Å². The molecule has 4 nitrogen and oxygen atoms in total. The van der Waals surface area contributed by atoms with Crippen molar-refractivity contribution in [2.24, 2.45) is 0 Å². The van der Waals surface area contributed by atoms with Gasteiger partial charge in [-0.25, -0.2) is 0 Å². The summed E-state index contributed by atoms with van der Waals surface area (Å²) in [7, 11) is 0. The first kappa shape index (κ1) is 13.2. The summed E-state index contributed by atoms with van der Waals surface area (Å²) in [6.45, 7) is 3.86. The number of anilines is 1. The van der Waals surface area contributed by atoms with Crippen LogP contribution in [0.25, 0.3) is 0 Å². The Balaban J connectivity index is 1.95. The second-order valence-corrected chi connectivity index (χ2v) is 4.50. The molecule has 2 rings (SSSR count). The molecule has 0 aliphatic carbocycles. The molecule has 0 saturated carbocycles. The van der Waals surface area contributed by atoms with Gasteiger partial charge >= 0.3 is 0 Å². The van der Waals surface area contributed by atoms with E-state index in [1.165, 1.54) is 0 Å². The van der Waals surface area contributed by atoms with Gasteiger partial charge < -0.3 is 5.32 Å². The number of carbonyl (C=O) groups excluding carboxylic acids is 1. The summed E-state index contributed by atoms with van der Waals surface area (Å²) in [4.78, 5) is 20.2. The highest BCUT2D eigenvalue weighted by molar-refractivity contribution is 5.92. The molecule has 0 unspecified atom stereocenters. The maximum atomic E-state index is 11.9. The van der Waals surface area contributed by atoms with E-state index in [2.05, 4.69) is 15.3 Å². The van der Waals surface area contributed by atoms with Crippen LogP contribution < -0.4 is 5.32 Å². The van der Waals surface area contributed by atoms with Crippen LogP contribution in [0.1, 0.15) is 23.2 Å². The Kier molecular flexibility index (Phi) is 4.23. The van der Waals surface area contributed by atoms with Gasteiger partial charge in [0.1, 0.15) is 0 Å². The Bertz CT molecular complexity index is 547. The molecule has 1 amide bonds. The number of pyridine rings is 2. The van der Waals surface area contributed by atoms with E-state index >= 15 is 0 Å². The molecule has 0 radical (unpaired) electrons. The number of nitrogens with one attached hydrogen (secondary N) is 1. The third-order valence-electron chi connectivity index (χ3n) is 2.98. The molecule has 0 bridgehead atoms. The van der Waals surface area contributed by atoms with E-state index in [-0.39, 0.29) is 5.91 Å². The van der Waals surface area contributed by atoms with Crippen LogP contribution in [0.2, 0.25) is 0 Å². The molecule has 0 aliphatic rings. The van der Waals surface area contributed by atoms with Crippen LogP contribution in [0.5, 0.6) is 0 Å². The molecule has 2 aromatic heterocycles. The lowest BCUT2D eigenvalue weighted by Gasteiger charge is -2.10. The second-order valence-electron chi connectivity index (χ2n) is 4.50. The maximum Gasteiger partial charge on any atom is 0.224 e. The number of amides is 1. The lowest BCUT2D eigenvalue weighted by molar-refractivity contribution is -0.116. The van der Waals surface area contributed by atoms with Crippen molar-refractivity contribution in [3.05, 3.63) is 53.6 Å². The fourth-order valence-electron chi connectivity index (χ4n) is 1.89. The fraction of sp³-hybridized carbons (Fsp3) is 0.267. The average Bonchev–Trinajstić information content (AvgIpc) is 2.42. The number of nitrogens with zero attached hydrogens (tertiary/aromatic N) is 2. The Morgan fingerprint density at radius 1 is 1.26 bits per heavy atom. The maximum absolute atomic E-state index is 11.9. The molecule has 2 heterocycles. The number of hydrogen-bond donors (Lipinski definition) is 1. The minimum atomic E-state index is 0.00283. The molecule has 0 atom stereocenters. The molecule has 0 fully saturated rings. The van der Waals surface area contributed by atoms with Crippen LogP contribution in [0.3, 0.4) is 0 Å². The SMILES string of the molecule is Cc1ccnc(C)c1NC(=O)CCc1cccnc1. The Morgan fingerprint density at radius 2 is 2.11 bits per heavy atom. The van der Waals surface area contributed by atoms with Crippen molar-refractivity contribution < 1.29 is 4.79 Å². The number of carbonyl (C=O) groups is 1. The first-order chi connectivity index (χ1) is 9.16. The summed E-state index contributed by atoms with van der Waals surface area (Å²) in [5.74, 6) is 0.00283. The van der Waals surface area contributed by atoms with E-state index in [9.17, 15) is 4.79 Å². The van der Waals surface area contributed by atoms with Crippen LogP contribution in [0.15, 0.2) is 36.8 Å². The predicted molar refractivity (Wildman–Crippen MR) is 74.9 cm³/mol. The van der Waals surface area contributed by atoms with Gasteiger partial charge in [-0.1, -0.05) is 6.07 Å². The molecule has 4 heteroatoms. The van der Waals surface area contributed by atoms with Crippen molar-refractivity contribution in [1.82, 2.24) is 9.97 Å². The molecule has 0 spiro atoms. The quantitative estimate of drug-likeness (QED) is 0.913. The van der Waals surface area contributed by atoms with Gasteiger partial charge in [-0.3, -0.25) is 14.8 Å². The van der Waals surface area contributed by atoms with Crippen molar-refractivity contribution >= 4 is 11.6 Å². The topological polar surface area (TPSA) is 54.9 Å². The van der Waals surface area contributed by atoms with Gasteiger partial charge in [-0.15, -0.1) is 0 Å². The third kappa shape index (κ3) is 3.61. The Hall–Kier alpha value is -2.23. The predicted octanol–water partition coefficient (Wildman–Crippen LogP) is 2.66. The zero-order chi connectivity index (χ0) is 13.7.